The molecule has 2 rings (SSSR count). The maximum Gasteiger partial charge on any atom is 0.175 e. The third-order valence-electron chi connectivity index (χ3n) is 3.34. The lowest BCUT2D eigenvalue weighted by molar-refractivity contribution is 0.571. The molecular formula is C13H19FN2O2S. The van der Waals surface area contributed by atoms with Crippen LogP contribution in [0, 0.1) is 5.82 Å². The molecular weight excluding hydrogens is 267 g/mol. The zero-order valence-electron chi connectivity index (χ0n) is 10.9. The zero-order chi connectivity index (χ0) is 13.9. The molecule has 2 N–H and O–H groups in total. The van der Waals surface area contributed by atoms with E-state index in [1.165, 1.54) is 18.6 Å². The molecule has 0 spiro atoms. The number of benzene rings is 1. The van der Waals surface area contributed by atoms with Crippen molar-refractivity contribution in [2.75, 3.05) is 24.7 Å². The molecule has 0 unspecified atom stereocenters. The van der Waals surface area contributed by atoms with Crippen LogP contribution < -0.4 is 10.6 Å². The number of halogens is 1. The topological polar surface area (TPSA) is 58.2 Å². The Morgan fingerprint density at radius 2 is 2.26 bits per heavy atom. The number of nitrogens with one attached hydrogen (secondary N) is 2. The summed E-state index contributed by atoms with van der Waals surface area (Å²) in [5.74, 6) is -0.526. The van der Waals surface area contributed by atoms with Crippen LogP contribution in [0.25, 0.3) is 0 Å². The quantitative estimate of drug-likeness (QED) is 0.866. The second-order valence-corrected chi connectivity index (χ2v) is 6.94. The molecule has 1 atom stereocenters. The Morgan fingerprint density at radius 1 is 1.47 bits per heavy atom. The first-order valence-corrected chi connectivity index (χ1v) is 8.33. The van der Waals surface area contributed by atoms with E-state index in [1.807, 2.05) is 0 Å². The largest absolute Gasteiger partial charge is 0.383 e. The highest BCUT2D eigenvalue weighted by Crippen LogP contribution is 2.19. The van der Waals surface area contributed by atoms with E-state index < -0.39 is 15.7 Å². The fraction of sp³-hybridized carbons (Fsp3) is 0.538. The van der Waals surface area contributed by atoms with E-state index in [4.69, 9.17) is 0 Å². The smallest absolute Gasteiger partial charge is 0.175 e. The Kier molecular flexibility index (Phi) is 4.42. The zero-order valence-corrected chi connectivity index (χ0v) is 11.8. The molecule has 0 aliphatic carbocycles. The lowest BCUT2D eigenvalue weighted by Crippen LogP contribution is -2.24. The maximum atomic E-state index is 13.7. The van der Waals surface area contributed by atoms with E-state index >= 15 is 0 Å². The van der Waals surface area contributed by atoms with Crippen molar-refractivity contribution in [2.24, 2.45) is 0 Å². The van der Waals surface area contributed by atoms with Gasteiger partial charge in [-0.25, -0.2) is 12.8 Å². The Balaban J connectivity index is 1.93. The van der Waals surface area contributed by atoms with E-state index in [1.54, 1.807) is 0 Å². The predicted molar refractivity (Wildman–Crippen MR) is 73.6 cm³/mol. The summed E-state index contributed by atoms with van der Waals surface area (Å²) in [6.07, 6.45) is 4.37. The summed E-state index contributed by atoms with van der Waals surface area (Å²) in [7, 11) is -3.35. The Bertz CT molecular complexity index is 540. The summed E-state index contributed by atoms with van der Waals surface area (Å²) in [4.78, 5) is 0.00742. The lowest BCUT2D eigenvalue weighted by Gasteiger charge is -2.12. The molecule has 0 radical (unpaired) electrons. The van der Waals surface area contributed by atoms with E-state index in [2.05, 4.69) is 10.6 Å². The van der Waals surface area contributed by atoms with Gasteiger partial charge in [-0.3, -0.25) is 0 Å². The van der Waals surface area contributed by atoms with Crippen LogP contribution in [0.1, 0.15) is 19.3 Å². The van der Waals surface area contributed by atoms with Crippen molar-refractivity contribution in [1.29, 1.82) is 0 Å². The van der Waals surface area contributed by atoms with Gasteiger partial charge in [-0.2, -0.15) is 0 Å². The van der Waals surface area contributed by atoms with Crippen LogP contribution in [0.2, 0.25) is 0 Å². The molecule has 1 saturated heterocycles. The number of anilines is 1. The molecule has 1 heterocycles. The Hall–Kier alpha value is -1.14. The molecule has 0 saturated carbocycles. The van der Waals surface area contributed by atoms with Crippen molar-refractivity contribution in [3.05, 3.63) is 24.0 Å². The first kappa shape index (κ1) is 14.3. The van der Waals surface area contributed by atoms with Gasteiger partial charge >= 0.3 is 0 Å². The number of hydrogen-bond acceptors (Lipinski definition) is 4. The van der Waals surface area contributed by atoms with Gasteiger partial charge in [0.2, 0.25) is 0 Å². The first-order chi connectivity index (χ1) is 8.97. The van der Waals surface area contributed by atoms with Gasteiger partial charge < -0.3 is 10.6 Å². The van der Waals surface area contributed by atoms with Gasteiger partial charge in [0.15, 0.2) is 9.84 Å². The maximum absolute atomic E-state index is 13.7. The predicted octanol–water partition coefficient (Wildman–Crippen LogP) is 1.78. The van der Waals surface area contributed by atoms with Crippen LogP contribution in [-0.2, 0) is 9.84 Å². The summed E-state index contributed by atoms with van der Waals surface area (Å²) >= 11 is 0. The molecule has 0 bridgehead atoms. The highest BCUT2D eigenvalue weighted by Gasteiger charge is 2.14. The van der Waals surface area contributed by atoms with Gasteiger partial charge in [0, 0.05) is 18.8 Å². The fourth-order valence-electron chi connectivity index (χ4n) is 2.25. The van der Waals surface area contributed by atoms with Crippen molar-refractivity contribution in [2.45, 2.75) is 30.2 Å². The van der Waals surface area contributed by atoms with Gasteiger partial charge in [0.25, 0.3) is 0 Å². The molecule has 1 aromatic carbocycles. The van der Waals surface area contributed by atoms with Crippen LogP contribution in [-0.4, -0.2) is 33.8 Å². The molecule has 1 aliphatic rings. The molecule has 1 aliphatic heterocycles. The van der Waals surface area contributed by atoms with Crippen LogP contribution in [0.3, 0.4) is 0 Å². The third kappa shape index (κ3) is 3.91. The summed E-state index contributed by atoms with van der Waals surface area (Å²) < 4.78 is 36.3. The second-order valence-electron chi connectivity index (χ2n) is 4.92. The van der Waals surface area contributed by atoms with Crippen molar-refractivity contribution < 1.29 is 12.8 Å². The van der Waals surface area contributed by atoms with Crippen LogP contribution in [0.5, 0.6) is 0 Å². The Morgan fingerprint density at radius 3 is 2.84 bits per heavy atom. The summed E-state index contributed by atoms with van der Waals surface area (Å²) in [6.45, 7) is 1.73. The average molecular weight is 286 g/mol. The van der Waals surface area contributed by atoms with Crippen molar-refractivity contribution in [3.63, 3.8) is 0 Å². The highest BCUT2D eigenvalue weighted by atomic mass is 32.2. The summed E-state index contributed by atoms with van der Waals surface area (Å²) in [6, 6.07) is 4.47. The molecule has 1 aromatic rings. The molecule has 106 valence electrons. The van der Waals surface area contributed by atoms with Crippen molar-refractivity contribution >= 4 is 15.5 Å². The first-order valence-electron chi connectivity index (χ1n) is 6.44. The van der Waals surface area contributed by atoms with Gasteiger partial charge in [-0.05, 0) is 44.0 Å². The minimum atomic E-state index is -3.35. The van der Waals surface area contributed by atoms with Crippen molar-refractivity contribution in [3.8, 4) is 0 Å². The van der Waals surface area contributed by atoms with E-state index in [9.17, 15) is 12.8 Å². The number of hydrogen-bond donors (Lipinski definition) is 2. The van der Waals surface area contributed by atoms with Gasteiger partial charge in [-0.1, -0.05) is 0 Å². The normalized spacial score (nSPS) is 19.6. The van der Waals surface area contributed by atoms with Gasteiger partial charge in [-0.15, -0.1) is 0 Å². The summed E-state index contributed by atoms with van der Waals surface area (Å²) in [5.41, 5.74) is 0.352. The van der Waals surface area contributed by atoms with E-state index in [0.29, 0.717) is 18.3 Å². The number of rotatable bonds is 5. The van der Waals surface area contributed by atoms with Gasteiger partial charge in [0.05, 0.1) is 10.6 Å². The minimum Gasteiger partial charge on any atom is -0.383 e. The molecule has 19 heavy (non-hydrogen) atoms. The molecule has 6 heteroatoms. The van der Waals surface area contributed by atoms with E-state index in [0.717, 1.165) is 31.7 Å². The highest BCUT2D eigenvalue weighted by molar-refractivity contribution is 7.90. The van der Waals surface area contributed by atoms with Crippen LogP contribution in [0.15, 0.2) is 23.1 Å². The third-order valence-corrected chi connectivity index (χ3v) is 4.45. The summed E-state index contributed by atoms with van der Waals surface area (Å²) in [5, 5.41) is 6.38. The van der Waals surface area contributed by atoms with Crippen LogP contribution >= 0.6 is 0 Å². The molecule has 0 amide bonds. The molecule has 4 nitrogen and oxygen atoms in total. The lowest BCUT2D eigenvalue weighted by atomic mass is 10.1. The molecule has 1 fully saturated rings. The average Bonchev–Trinajstić information content (AvgIpc) is 2.83. The Labute approximate surface area is 113 Å². The van der Waals surface area contributed by atoms with Gasteiger partial charge in [0.1, 0.15) is 5.82 Å². The minimum absolute atomic E-state index is 0.00742. The van der Waals surface area contributed by atoms with Crippen LogP contribution in [0.4, 0.5) is 10.1 Å². The second kappa shape index (κ2) is 5.88. The van der Waals surface area contributed by atoms with Crippen molar-refractivity contribution in [1.82, 2.24) is 5.32 Å². The van der Waals surface area contributed by atoms with E-state index in [-0.39, 0.29) is 4.90 Å². The SMILES string of the molecule is CS(=O)(=O)c1ccc(NCC[C@H]2CCCN2)c(F)c1. The fourth-order valence-corrected chi connectivity index (χ4v) is 2.89. The standard InChI is InChI=1S/C13H19FN2O2S/c1-19(17,18)11-4-5-13(12(14)9-11)16-8-6-10-3-2-7-15-10/h4-5,9-10,15-16H,2-3,6-8H2,1H3/t10-/m1/s1. The molecule has 0 aromatic heterocycles. The monoisotopic (exact) mass is 286 g/mol. The number of sulfone groups is 1.